The lowest BCUT2D eigenvalue weighted by Crippen LogP contribution is -2.45. The third-order valence-corrected chi connectivity index (χ3v) is 7.55. The Kier molecular flexibility index (Phi) is 6.05. The Bertz CT molecular complexity index is 763. The Morgan fingerprint density at radius 1 is 1.29 bits per heavy atom. The second kappa shape index (κ2) is 8.02. The van der Waals surface area contributed by atoms with Crippen molar-refractivity contribution >= 4 is 5.97 Å². The number of aliphatic hydroxyl groups is 1. The Labute approximate surface area is 170 Å². The fraction of sp³-hybridized carbons (Fsp3) is 0.640. The third kappa shape index (κ3) is 4.05. The summed E-state index contributed by atoms with van der Waals surface area (Å²) in [5, 5.41) is 9.86. The number of aliphatic hydroxyl groups excluding tert-OH is 1. The molecule has 1 saturated carbocycles. The van der Waals surface area contributed by atoms with Crippen molar-refractivity contribution in [1.29, 1.82) is 0 Å². The number of allylic oxidation sites excluding steroid dienone is 5. The minimum Gasteiger partial charge on any atom is -0.423 e. The molecule has 1 fully saturated rings. The predicted molar refractivity (Wildman–Crippen MR) is 113 cm³/mol. The largest absolute Gasteiger partial charge is 0.423 e. The van der Waals surface area contributed by atoms with Crippen molar-refractivity contribution in [3.63, 3.8) is 0 Å². The summed E-state index contributed by atoms with van der Waals surface area (Å²) < 4.78 is 5.18. The first-order chi connectivity index (χ1) is 13.2. The first-order valence-electron chi connectivity index (χ1n) is 10.8. The van der Waals surface area contributed by atoms with Crippen LogP contribution < -0.4 is 0 Å². The van der Waals surface area contributed by atoms with Gasteiger partial charge in [0.2, 0.25) is 0 Å². The molecule has 0 bridgehead atoms. The third-order valence-electron chi connectivity index (χ3n) is 7.55. The zero-order valence-corrected chi connectivity index (χ0v) is 18.2. The summed E-state index contributed by atoms with van der Waals surface area (Å²) in [5.41, 5.74) is 5.73. The van der Waals surface area contributed by atoms with E-state index in [4.69, 9.17) is 4.74 Å². The highest BCUT2D eigenvalue weighted by Gasteiger charge is 2.49. The van der Waals surface area contributed by atoms with E-state index in [-0.39, 0.29) is 12.6 Å². The maximum absolute atomic E-state index is 11.4. The molecular weight excluding hydrogens is 348 g/mol. The van der Waals surface area contributed by atoms with E-state index in [0.29, 0.717) is 16.6 Å². The summed E-state index contributed by atoms with van der Waals surface area (Å²) in [4.78, 5) is 11.4. The van der Waals surface area contributed by atoms with Gasteiger partial charge < -0.3 is 9.84 Å². The van der Waals surface area contributed by atoms with Crippen LogP contribution in [-0.4, -0.2) is 17.7 Å². The zero-order valence-electron chi connectivity index (χ0n) is 18.2. The first-order valence-corrected chi connectivity index (χ1v) is 10.8. The van der Waals surface area contributed by atoms with Gasteiger partial charge in [-0.15, -0.1) is 0 Å². The quantitative estimate of drug-likeness (QED) is 0.466. The summed E-state index contributed by atoms with van der Waals surface area (Å²) in [7, 11) is 0. The van der Waals surface area contributed by atoms with Crippen molar-refractivity contribution in [2.45, 2.75) is 79.6 Å². The van der Waals surface area contributed by atoms with E-state index in [9.17, 15) is 9.90 Å². The molecule has 0 saturated heterocycles. The lowest BCUT2D eigenvalue weighted by atomic mass is 9.50. The molecule has 3 heteroatoms. The van der Waals surface area contributed by atoms with Crippen LogP contribution in [0.5, 0.6) is 0 Å². The molecule has 1 heterocycles. The minimum atomic E-state index is -0.315. The molecule has 0 aromatic rings. The molecule has 0 aromatic carbocycles. The molecule has 154 valence electrons. The molecule has 3 aliphatic rings. The monoisotopic (exact) mass is 384 g/mol. The van der Waals surface area contributed by atoms with Crippen LogP contribution >= 0.6 is 0 Å². The average molecular weight is 385 g/mol. The van der Waals surface area contributed by atoms with Crippen LogP contribution in [0, 0.1) is 16.7 Å². The lowest BCUT2D eigenvalue weighted by Gasteiger charge is -2.55. The molecular formula is C25H36O3. The zero-order chi connectivity index (χ0) is 20.5. The van der Waals surface area contributed by atoms with Gasteiger partial charge in [-0.05, 0) is 86.3 Å². The van der Waals surface area contributed by atoms with Gasteiger partial charge in [-0.25, -0.2) is 4.79 Å². The number of fused-ring (bicyclic) bond motifs is 1. The van der Waals surface area contributed by atoms with E-state index < -0.39 is 0 Å². The van der Waals surface area contributed by atoms with Crippen molar-refractivity contribution in [2.24, 2.45) is 16.7 Å². The van der Waals surface area contributed by atoms with Gasteiger partial charge >= 0.3 is 5.97 Å². The highest BCUT2D eigenvalue weighted by molar-refractivity contribution is 5.88. The molecule has 2 atom stereocenters. The van der Waals surface area contributed by atoms with Crippen LogP contribution in [0.15, 0.2) is 46.3 Å². The van der Waals surface area contributed by atoms with Crippen LogP contribution in [0.1, 0.15) is 79.6 Å². The van der Waals surface area contributed by atoms with Crippen molar-refractivity contribution < 1.29 is 14.6 Å². The molecule has 1 aliphatic heterocycles. The van der Waals surface area contributed by atoms with Gasteiger partial charge in [0, 0.05) is 6.08 Å². The van der Waals surface area contributed by atoms with Gasteiger partial charge in [0.1, 0.15) is 5.76 Å². The second-order valence-electron chi connectivity index (χ2n) is 9.87. The van der Waals surface area contributed by atoms with Crippen LogP contribution in [0.25, 0.3) is 0 Å². The van der Waals surface area contributed by atoms with E-state index in [1.54, 1.807) is 11.1 Å². The Balaban J connectivity index is 1.76. The van der Waals surface area contributed by atoms with Gasteiger partial charge in [-0.3, -0.25) is 0 Å². The molecule has 0 radical (unpaired) electrons. The number of ether oxygens (including phenoxy) is 1. The number of carbonyl (C=O) groups is 1. The summed E-state index contributed by atoms with van der Waals surface area (Å²) in [6.45, 7) is 11.6. The highest BCUT2D eigenvalue weighted by atomic mass is 16.5. The number of carbonyl (C=O) groups excluding carboxylic acids is 1. The van der Waals surface area contributed by atoms with Crippen LogP contribution in [-0.2, 0) is 9.53 Å². The molecule has 0 spiro atoms. The van der Waals surface area contributed by atoms with Crippen LogP contribution in [0.3, 0.4) is 0 Å². The number of esters is 1. The Morgan fingerprint density at radius 3 is 2.68 bits per heavy atom. The van der Waals surface area contributed by atoms with E-state index in [0.717, 1.165) is 29.9 Å². The van der Waals surface area contributed by atoms with Crippen molar-refractivity contribution in [3.8, 4) is 0 Å². The van der Waals surface area contributed by atoms with E-state index >= 15 is 0 Å². The van der Waals surface area contributed by atoms with Gasteiger partial charge in [0.25, 0.3) is 0 Å². The summed E-state index contributed by atoms with van der Waals surface area (Å²) in [5.74, 6) is 1.02. The van der Waals surface area contributed by atoms with Crippen molar-refractivity contribution in [2.75, 3.05) is 6.61 Å². The number of hydrogen-bond donors (Lipinski definition) is 1. The molecule has 1 N–H and O–H groups in total. The second-order valence-corrected chi connectivity index (χ2v) is 9.87. The smallest absolute Gasteiger partial charge is 0.336 e. The predicted octanol–water partition coefficient (Wildman–Crippen LogP) is 6.02. The van der Waals surface area contributed by atoms with E-state index in [1.807, 2.05) is 19.1 Å². The molecule has 28 heavy (non-hydrogen) atoms. The Hall–Kier alpha value is -1.61. The summed E-state index contributed by atoms with van der Waals surface area (Å²) in [6.07, 6.45) is 13.6. The van der Waals surface area contributed by atoms with E-state index in [2.05, 4.69) is 27.7 Å². The molecule has 3 nitrogen and oxygen atoms in total. The molecule has 0 amide bonds. The van der Waals surface area contributed by atoms with Gasteiger partial charge in [-0.1, -0.05) is 44.4 Å². The number of cyclic esters (lactones) is 1. The van der Waals surface area contributed by atoms with Crippen molar-refractivity contribution in [1.82, 2.24) is 0 Å². The maximum atomic E-state index is 11.4. The first kappa shape index (κ1) is 21.1. The van der Waals surface area contributed by atoms with Gasteiger partial charge in [0.05, 0.1) is 6.61 Å². The summed E-state index contributed by atoms with van der Waals surface area (Å²) >= 11 is 0. The molecule has 2 unspecified atom stereocenters. The average Bonchev–Trinajstić information content (AvgIpc) is 2.93. The molecule has 0 aromatic heterocycles. The van der Waals surface area contributed by atoms with Gasteiger partial charge in [0.15, 0.2) is 0 Å². The fourth-order valence-corrected chi connectivity index (χ4v) is 6.02. The Morgan fingerprint density at radius 2 is 2.04 bits per heavy atom. The maximum Gasteiger partial charge on any atom is 0.336 e. The van der Waals surface area contributed by atoms with Crippen molar-refractivity contribution in [3.05, 3.63) is 46.3 Å². The lowest BCUT2D eigenvalue weighted by molar-refractivity contribution is -0.132. The molecule has 2 aliphatic carbocycles. The standard InChI is InChI=1S/C25H36O3/c1-17-7-12-22-24(3,4)13-6-14-25(22,5)20(17)10-8-19(16-26)9-11-21-18(2)15-23(27)28-21/h9,11,15,22,26H,6-8,10,12-14,16H2,1-5H3. The fourth-order valence-electron chi connectivity index (χ4n) is 6.02. The van der Waals surface area contributed by atoms with E-state index in [1.165, 1.54) is 38.2 Å². The minimum absolute atomic E-state index is 0.0401. The SMILES string of the molecule is CC1=CC(=O)OC1=CC=C(CO)CCC1=C(C)CCC2C(C)(C)CCCC12C. The topological polar surface area (TPSA) is 46.5 Å². The number of hydrogen-bond acceptors (Lipinski definition) is 3. The van der Waals surface area contributed by atoms with Gasteiger partial charge in [-0.2, -0.15) is 0 Å². The number of rotatable bonds is 5. The van der Waals surface area contributed by atoms with Crippen LogP contribution in [0.2, 0.25) is 0 Å². The highest BCUT2D eigenvalue weighted by Crippen LogP contribution is 2.60. The molecule has 3 rings (SSSR count). The summed E-state index contributed by atoms with van der Waals surface area (Å²) in [6, 6.07) is 0. The normalized spacial score (nSPS) is 31.7. The van der Waals surface area contributed by atoms with Crippen LogP contribution in [0.4, 0.5) is 0 Å².